The molecule has 4 heteroatoms. The van der Waals surface area contributed by atoms with E-state index in [0.717, 1.165) is 55.8 Å². The Bertz CT molecular complexity index is 3410. The van der Waals surface area contributed by atoms with Crippen LogP contribution < -0.4 is 0 Å². The summed E-state index contributed by atoms with van der Waals surface area (Å²) in [5.41, 5.74) is 13.3. The van der Waals surface area contributed by atoms with Gasteiger partial charge in [0.25, 0.3) is 0 Å². The maximum absolute atomic E-state index is 6.55. The first kappa shape index (κ1) is 29.3. The number of furan rings is 1. The van der Waals surface area contributed by atoms with Gasteiger partial charge in [-0.1, -0.05) is 115 Å². The second-order valence-electron chi connectivity index (χ2n) is 14.2. The highest BCUT2D eigenvalue weighted by atomic mass is 16.3. The quantitative estimate of drug-likeness (QED) is 0.181. The molecule has 0 saturated carbocycles. The summed E-state index contributed by atoms with van der Waals surface area (Å²) >= 11 is 0. The molecule has 4 aromatic heterocycles. The van der Waals surface area contributed by atoms with Crippen LogP contribution in [-0.2, 0) is 0 Å². The Labute approximate surface area is 309 Å². The van der Waals surface area contributed by atoms with E-state index in [4.69, 9.17) is 4.42 Å². The second-order valence-corrected chi connectivity index (χ2v) is 14.2. The van der Waals surface area contributed by atoms with Gasteiger partial charge >= 0.3 is 0 Å². The molecular weight excluding hydrogens is 659 g/mol. The molecule has 0 fully saturated rings. The molecule has 12 rings (SSSR count). The Morgan fingerprint density at radius 3 is 1.35 bits per heavy atom. The number of hydrogen-bond acceptors (Lipinski definition) is 1. The Morgan fingerprint density at radius 1 is 0.296 bits per heavy atom. The van der Waals surface area contributed by atoms with Gasteiger partial charge in [-0.25, -0.2) is 0 Å². The van der Waals surface area contributed by atoms with E-state index in [1.165, 1.54) is 49.0 Å². The Kier molecular flexibility index (Phi) is 6.02. The molecule has 0 radical (unpaired) electrons. The normalized spacial score (nSPS) is 12.1. The fourth-order valence-corrected chi connectivity index (χ4v) is 8.92. The van der Waals surface area contributed by atoms with E-state index in [2.05, 4.69) is 196 Å². The second kappa shape index (κ2) is 11.1. The average Bonchev–Trinajstić information content (AvgIpc) is 3.96. The molecule has 0 amide bonds. The minimum atomic E-state index is 0.869. The topological polar surface area (TPSA) is 27.9 Å². The first-order valence-corrected chi connectivity index (χ1v) is 18.4. The van der Waals surface area contributed by atoms with Gasteiger partial charge in [-0.15, -0.1) is 0 Å². The monoisotopic (exact) mass is 689 g/mol. The molecule has 0 unspecified atom stereocenters. The first-order valence-electron chi connectivity index (χ1n) is 18.4. The molecule has 0 spiro atoms. The number of nitrogens with zero attached hydrogens (tertiary/aromatic N) is 3. The van der Waals surface area contributed by atoms with E-state index >= 15 is 0 Å². The van der Waals surface area contributed by atoms with Crippen LogP contribution in [0.3, 0.4) is 0 Å². The van der Waals surface area contributed by atoms with Crippen LogP contribution in [0.2, 0.25) is 0 Å². The Morgan fingerprint density at radius 2 is 0.741 bits per heavy atom. The molecule has 4 heterocycles. The van der Waals surface area contributed by atoms with E-state index < -0.39 is 0 Å². The molecule has 252 valence electrons. The lowest BCUT2D eigenvalue weighted by atomic mass is 10.0. The fraction of sp³-hybridized carbons (Fsp3) is 0. The highest BCUT2D eigenvalue weighted by Gasteiger charge is 2.20. The van der Waals surface area contributed by atoms with Crippen molar-refractivity contribution < 1.29 is 4.42 Å². The largest absolute Gasteiger partial charge is 0.439 e. The molecule has 0 aliphatic rings. The van der Waals surface area contributed by atoms with Crippen LogP contribution >= 0.6 is 0 Å². The van der Waals surface area contributed by atoms with E-state index in [1.807, 2.05) is 6.07 Å². The van der Waals surface area contributed by atoms with Gasteiger partial charge in [-0.05, 0) is 83.9 Å². The summed E-state index contributed by atoms with van der Waals surface area (Å²) in [6, 6.07) is 67.7. The lowest BCUT2D eigenvalue weighted by Crippen LogP contribution is -1.96. The third kappa shape index (κ3) is 4.08. The smallest absolute Gasteiger partial charge is 0.213 e. The zero-order valence-corrected chi connectivity index (χ0v) is 29.1. The molecule has 4 nitrogen and oxygen atoms in total. The molecule has 0 aliphatic heterocycles. The van der Waals surface area contributed by atoms with Crippen molar-refractivity contribution in [1.29, 1.82) is 0 Å². The predicted octanol–water partition coefficient (Wildman–Crippen LogP) is 13.4. The van der Waals surface area contributed by atoms with Crippen molar-refractivity contribution in [2.24, 2.45) is 0 Å². The van der Waals surface area contributed by atoms with Gasteiger partial charge in [0.05, 0.1) is 33.0 Å². The van der Waals surface area contributed by atoms with Crippen molar-refractivity contribution in [3.05, 3.63) is 188 Å². The van der Waals surface area contributed by atoms with Crippen LogP contribution in [0.25, 0.3) is 105 Å². The van der Waals surface area contributed by atoms with Crippen molar-refractivity contribution in [2.45, 2.75) is 0 Å². The van der Waals surface area contributed by atoms with Gasteiger partial charge < -0.3 is 13.6 Å². The summed E-state index contributed by atoms with van der Waals surface area (Å²) < 4.78 is 13.6. The van der Waals surface area contributed by atoms with E-state index in [-0.39, 0.29) is 0 Å². The minimum absolute atomic E-state index is 0.869. The third-order valence-electron chi connectivity index (χ3n) is 11.2. The van der Waals surface area contributed by atoms with Crippen molar-refractivity contribution >= 4 is 76.6 Å². The Balaban J connectivity index is 1.02. The summed E-state index contributed by atoms with van der Waals surface area (Å²) in [7, 11) is 0. The molecule has 12 aromatic rings. The SMILES string of the molecule is c1cc(-c2cccc(-n3c4ccccc4c4c5ccccc5oc43)c2)cc(-n2c3ccccc3c3cc(-n4c5ccccc5c5ccccc54)ccc32)c1. The van der Waals surface area contributed by atoms with E-state index in [0.29, 0.717) is 0 Å². The Hall–Kier alpha value is -7.30. The molecule has 0 atom stereocenters. The number of rotatable bonds is 4. The molecular formula is C50H31N3O. The molecule has 0 N–H and O–H groups in total. The van der Waals surface area contributed by atoms with Crippen LogP contribution in [0, 0.1) is 0 Å². The summed E-state index contributed by atoms with van der Waals surface area (Å²) in [4.78, 5) is 0. The van der Waals surface area contributed by atoms with Crippen LogP contribution in [-0.4, -0.2) is 13.7 Å². The highest BCUT2D eigenvalue weighted by molar-refractivity contribution is 6.20. The molecule has 54 heavy (non-hydrogen) atoms. The third-order valence-corrected chi connectivity index (χ3v) is 11.2. The van der Waals surface area contributed by atoms with Gasteiger partial charge in [-0.3, -0.25) is 4.57 Å². The van der Waals surface area contributed by atoms with Crippen molar-refractivity contribution in [3.63, 3.8) is 0 Å². The first-order chi connectivity index (χ1) is 26.8. The maximum atomic E-state index is 6.55. The lowest BCUT2D eigenvalue weighted by Gasteiger charge is -2.13. The fourth-order valence-electron chi connectivity index (χ4n) is 8.92. The summed E-state index contributed by atoms with van der Waals surface area (Å²) in [6.07, 6.45) is 0. The zero-order chi connectivity index (χ0) is 35.3. The van der Waals surface area contributed by atoms with E-state index in [1.54, 1.807) is 0 Å². The summed E-state index contributed by atoms with van der Waals surface area (Å²) in [5, 5.41) is 8.48. The molecule has 0 saturated heterocycles. The van der Waals surface area contributed by atoms with Gasteiger partial charge in [0.2, 0.25) is 5.71 Å². The lowest BCUT2D eigenvalue weighted by molar-refractivity contribution is 0.645. The summed E-state index contributed by atoms with van der Waals surface area (Å²) in [6.45, 7) is 0. The van der Waals surface area contributed by atoms with Crippen molar-refractivity contribution in [3.8, 4) is 28.2 Å². The molecule has 0 bridgehead atoms. The molecule has 0 aliphatic carbocycles. The van der Waals surface area contributed by atoms with Crippen LogP contribution in [0.4, 0.5) is 0 Å². The van der Waals surface area contributed by atoms with Crippen LogP contribution in [0.1, 0.15) is 0 Å². The minimum Gasteiger partial charge on any atom is -0.439 e. The van der Waals surface area contributed by atoms with Crippen LogP contribution in [0.5, 0.6) is 0 Å². The van der Waals surface area contributed by atoms with Gasteiger partial charge in [0, 0.05) is 49.4 Å². The van der Waals surface area contributed by atoms with E-state index in [9.17, 15) is 0 Å². The number of hydrogen-bond donors (Lipinski definition) is 0. The average molecular weight is 690 g/mol. The number of aromatic nitrogens is 3. The van der Waals surface area contributed by atoms with Gasteiger partial charge in [-0.2, -0.15) is 0 Å². The standard InChI is InChI=1S/C50H31N3O/c1-6-22-43-37(17-1)38-18-2-7-23-44(38)52(43)36-27-28-47-42(31-36)39-19-3-8-24-45(39)51(47)34-15-11-13-32(29-34)33-14-12-16-35(30-33)53-46-25-9-4-20-40(46)49-41-21-5-10-26-48(41)54-50(49)53/h1-31H. The number of para-hydroxylation sites is 5. The zero-order valence-electron chi connectivity index (χ0n) is 29.1. The molecule has 8 aromatic carbocycles. The summed E-state index contributed by atoms with van der Waals surface area (Å²) in [5.74, 6) is 0. The van der Waals surface area contributed by atoms with Gasteiger partial charge in [0.1, 0.15) is 5.58 Å². The number of benzene rings is 8. The van der Waals surface area contributed by atoms with Crippen molar-refractivity contribution in [1.82, 2.24) is 13.7 Å². The highest BCUT2D eigenvalue weighted by Crippen LogP contribution is 2.41. The van der Waals surface area contributed by atoms with Crippen molar-refractivity contribution in [2.75, 3.05) is 0 Å². The van der Waals surface area contributed by atoms with Gasteiger partial charge in [0.15, 0.2) is 0 Å². The predicted molar refractivity (Wildman–Crippen MR) is 225 cm³/mol. The van der Waals surface area contributed by atoms with Crippen LogP contribution in [0.15, 0.2) is 192 Å². The number of fused-ring (bicyclic) bond motifs is 11. The maximum Gasteiger partial charge on any atom is 0.213 e.